The summed E-state index contributed by atoms with van der Waals surface area (Å²) in [5.41, 5.74) is 1.06. The number of hydrogen-bond donors (Lipinski definition) is 1. The van der Waals surface area contributed by atoms with Gasteiger partial charge in [-0.2, -0.15) is 11.8 Å². The molecule has 0 aromatic carbocycles. The number of hydrogen-bond acceptors (Lipinski definition) is 4. The number of amides is 1. The van der Waals surface area contributed by atoms with Crippen molar-refractivity contribution in [2.24, 2.45) is 5.92 Å². The molecule has 5 heteroatoms. The monoisotopic (exact) mass is 284 g/mol. The molecule has 1 N–H and O–H groups in total. The lowest BCUT2D eigenvalue weighted by Gasteiger charge is -2.03. The summed E-state index contributed by atoms with van der Waals surface area (Å²) in [6, 6.07) is 0. The molecule has 2 rings (SSSR count). The lowest BCUT2D eigenvalue weighted by molar-refractivity contribution is -0.118. The summed E-state index contributed by atoms with van der Waals surface area (Å²) in [5, 5.41) is 4.13. The number of thiazole rings is 1. The molecule has 1 aliphatic carbocycles. The van der Waals surface area contributed by atoms with E-state index in [9.17, 15) is 4.79 Å². The van der Waals surface area contributed by atoms with Gasteiger partial charge >= 0.3 is 0 Å². The Morgan fingerprint density at radius 2 is 2.33 bits per heavy atom. The van der Waals surface area contributed by atoms with E-state index in [4.69, 9.17) is 0 Å². The molecule has 0 spiro atoms. The van der Waals surface area contributed by atoms with E-state index in [-0.39, 0.29) is 5.91 Å². The molecule has 0 bridgehead atoms. The summed E-state index contributed by atoms with van der Waals surface area (Å²) in [7, 11) is 0. The normalized spacial score (nSPS) is 14.8. The molecule has 18 heavy (non-hydrogen) atoms. The first-order chi connectivity index (χ1) is 8.69. The zero-order chi connectivity index (χ0) is 13.0. The van der Waals surface area contributed by atoms with Gasteiger partial charge in [-0.25, -0.2) is 4.98 Å². The molecule has 0 atom stereocenters. The van der Waals surface area contributed by atoms with Crippen LogP contribution in [0.5, 0.6) is 0 Å². The van der Waals surface area contributed by atoms with Crippen molar-refractivity contribution < 1.29 is 4.79 Å². The molecule has 0 aliphatic heterocycles. The SMILES string of the molecule is CCc1nc(C)c(CNC(=O)CSCC2CC2)s1. The van der Waals surface area contributed by atoms with Crippen molar-refractivity contribution >= 4 is 29.0 Å². The van der Waals surface area contributed by atoms with Crippen LogP contribution >= 0.6 is 23.1 Å². The first-order valence-corrected chi connectivity index (χ1v) is 8.45. The average molecular weight is 284 g/mol. The first-order valence-electron chi connectivity index (χ1n) is 6.48. The zero-order valence-corrected chi connectivity index (χ0v) is 12.6. The third kappa shape index (κ3) is 4.28. The Bertz CT molecular complexity index is 413. The smallest absolute Gasteiger partial charge is 0.230 e. The van der Waals surface area contributed by atoms with Crippen LogP contribution in [0.1, 0.15) is 35.3 Å². The molecule has 0 unspecified atom stereocenters. The predicted octanol–water partition coefficient (Wildman–Crippen LogP) is 2.77. The molecule has 100 valence electrons. The predicted molar refractivity (Wildman–Crippen MR) is 78.1 cm³/mol. The van der Waals surface area contributed by atoms with Crippen molar-refractivity contribution in [2.75, 3.05) is 11.5 Å². The van der Waals surface area contributed by atoms with Crippen LogP contribution in [0.15, 0.2) is 0 Å². The Hall–Kier alpha value is -0.550. The third-order valence-electron chi connectivity index (χ3n) is 2.97. The van der Waals surface area contributed by atoms with Crippen LogP contribution in [0.25, 0.3) is 0 Å². The van der Waals surface area contributed by atoms with Crippen molar-refractivity contribution in [3.63, 3.8) is 0 Å². The highest BCUT2D eigenvalue weighted by Gasteiger charge is 2.21. The average Bonchev–Trinajstić information content (AvgIpc) is 3.10. The number of carbonyl (C=O) groups is 1. The molecule has 1 aromatic rings. The molecule has 1 saturated carbocycles. The van der Waals surface area contributed by atoms with Gasteiger partial charge in [0.05, 0.1) is 23.0 Å². The lowest BCUT2D eigenvalue weighted by Crippen LogP contribution is -2.24. The molecule has 1 aromatic heterocycles. The third-order valence-corrected chi connectivity index (χ3v) is 5.44. The molecule has 1 amide bonds. The van der Waals surface area contributed by atoms with Gasteiger partial charge in [0.25, 0.3) is 0 Å². The lowest BCUT2D eigenvalue weighted by atomic mass is 10.4. The molecular formula is C13H20N2OS2. The maximum Gasteiger partial charge on any atom is 0.230 e. The fourth-order valence-electron chi connectivity index (χ4n) is 1.64. The molecule has 1 fully saturated rings. The van der Waals surface area contributed by atoms with E-state index in [0.29, 0.717) is 12.3 Å². The minimum absolute atomic E-state index is 0.145. The highest BCUT2D eigenvalue weighted by molar-refractivity contribution is 7.99. The Balaban J connectivity index is 1.68. The number of rotatable bonds is 7. The second-order valence-electron chi connectivity index (χ2n) is 4.70. The molecule has 0 saturated heterocycles. The number of nitrogens with zero attached hydrogens (tertiary/aromatic N) is 1. The largest absolute Gasteiger partial charge is 0.350 e. The Morgan fingerprint density at radius 3 is 2.94 bits per heavy atom. The van der Waals surface area contributed by atoms with Gasteiger partial charge in [0.15, 0.2) is 0 Å². The standard InChI is InChI=1S/C13H20N2OS2/c1-3-13-15-9(2)11(18-13)6-14-12(16)8-17-7-10-4-5-10/h10H,3-8H2,1-2H3,(H,14,16). The van der Waals surface area contributed by atoms with Crippen LogP contribution in [0, 0.1) is 12.8 Å². The zero-order valence-electron chi connectivity index (χ0n) is 11.0. The molecular weight excluding hydrogens is 264 g/mol. The fraction of sp³-hybridized carbons (Fsp3) is 0.692. The van der Waals surface area contributed by atoms with Crippen LogP contribution in [0.2, 0.25) is 0 Å². The van der Waals surface area contributed by atoms with Gasteiger partial charge in [0.1, 0.15) is 0 Å². The van der Waals surface area contributed by atoms with E-state index in [0.717, 1.165) is 28.8 Å². The highest BCUT2D eigenvalue weighted by Crippen LogP contribution is 2.32. The fourth-order valence-corrected chi connectivity index (χ4v) is 3.66. The number of nitrogens with one attached hydrogen (secondary N) is 1. The van der Waals surface area contributed by atoms with Gasteiger partial charge in [-0.05, 0) is 37.9 Å². The van der Waals surface area contributed by atoms with Crippen molar-refractivity contribution in [2.45, 2.75) is 39.7 Å². The number of thioether (sulfide) groups is 1. The van der Waals surface area contributed by atoms with Gasteiger partial charge in [0, 0.05) is 4.88 Å². The Kier molecular flexibility index (Phi) is 5.06. The van der Waals surface area contributed by atoms with Gasteiger partial charge in [-0.15, -0.1) is 11.3 Å². The van der Waals surface area contributed by atoms with Gasteiger partial charge in [0.2, 0.25) is 5.91 Å². The number of aryl methyl sites for hydroxylation is 2. The summed E-state index contributed by atoms with van der Waals surface area (Å²) in [5.74, 6) is 2.77. The van der Waals surface area contributed by atoms with Crippen LogP contribution in [-0.4, -0.2) is 22.4 Å². The minimum atomic E-state index is 0.145. The van der Waals surface area contributed by atoms with Gasteiger partial charge in [-0.3, -0.25) is 4.79 Å². The molecule has 3 nitrogen and oxygen atoms in total. The van der Waals surface area contributed by atoms with Crippen molar-refractivity contribution in [3.05, 3.63) is 15.6 Å². The quantitative estimate of drug-likeness (QED) is 0.837. The topological polar surface area (TPSA) is 42.0 Å². The van der Waals surface area contributed by atoms with Crippen LogP contribution in [-0.2, 0) is 17.8 Å². The Labute approximate surface area is 117 Å². The van der Waals surface area contributed by atoms with Gasteiger partial charge in [-0.1, -0.05) is 6.92 Å². The second-order valence-corrected chi connectivity index (χ2v) is 6.90. The summed E-state index contributed by atoms with van der Waals surface area (Å²) >= 11 is 3.46. The maximum atomic E-state index is 11.7. The van der Waals surface area contributed by atoms with Crippen LogP contribution < -0.4 is 5.32 Å². The second kappa shape index (κ2) is 6.57. The summed E-state index contributed by atoms with van der Waals surface area (Å²) in [4.78, 5) is 17.3. The maximum absolute atomic E-state index is 11.7. The van der Waals surface area contributed by atoms with Crippen molar-refractivity contribution in [1.82, 2.24) is 10.3 Å². The number of aromatic nitrogens is 1. The van der Waals surface area contributed by atoms with E-state index in [1.165, 1.54) is 17.7 Å². The Morgan fingerprint density at radius 1 is 1.56 bits per heavy atom. The van der Waals surface area contributed by atoms with E-state index in [2.05, 4.69) is 17.2 Å². The molecule has 0 radical (unpaired) electrons. The van der Waals surface area contributed by atoms with Crippen LogP contribution in [0.3, 0.4) is 0 Å². The van der Waals surface area contributed by atoms with E-state index in [1.807, 2.05) is 6.92 Å². The first kappa shape index (κ1) is 13.9. The van der Waals surface area contributed by atoms with E-state index >= 15 is 0 Å². The molecule has 1 aliphatic rings. The summed E-state index contributed by atoms with van der Waals surface area (Å²) in [6.45, 7) is 4.75. The summed E-state index contributed by atoms with van der Waals surface area (Å²) in [6.07, 6.45) is 3.68. The van der Waals surface area contributed by atoms with Crippen molar-refractivity contribution in [1.29, 1.82) is 0 Å². The van der Waals surface area contributed by atoms with E-state index < -0.39 is 0 Å². The van der Waals surface area contributed by atoms with Crippen LogP contribution in [0.4, 0.5) is 0 Å². The minimum Gasteiger partial charge on any atom is -0.350 e. The highest BCUT2D eigenvalue weighted by atomic mass is 32.2. The van der Waals surface area contributed by atoms with E-state index in [1.54, 1.807) is 23.1 Å². The van der Waals surface area contributed by atoms with Crippen molar-refractivity contribution in [3.8, 4) is 0 Å². The molecule has 1 heterocycles. The number of carbonyl (C=O) groups excluding carboxylic acids is 1. The van der Waals surface area contributed by atoms with Gasteiger partial charge < -0.3 is 5.32 Å². The summed E-state index contributed by atoms with van der Waals surface area (Å²) < 4.78 is 0.